The van der Waals surface area contributed by atoms with Crippen LogP contribution in [0.4, 0.5) is 0 Å². The fourth-order valence-corrected chi connectivity index (χ4v) is 2.95. The molecule has 1 atom stereocenters. The van der Waals surface area contributed by atoms with Gasteiger partial charge < -0.3 is 10.1 Å². The number of halogens is 1. The Bertz CT molecular complexity index is 303. The minimum absolute atomic E-state index is 0.333. The number of thiophene rings is 1. The number of nitrogens with one attached hydrogen (secondary N) is 1. The average Bonchev–Trinajstić information content (AvgIpc) is 2.75. The highest BCUT2D eigenvalue weighted by Crippen LogP contribution is 2.30. The van der Waals surface area contributed by atoms with Crippen LogP contribution < -0.4 is 5.32 Å². The molecule has 0 saturated carbocycles. The van der Waals surface area contributed by atoms with Crippen LogP contribution in [-0.4, -0.2) is 19.8 Å². The highest BCUT2D eigenvalue weighted by Gasteiger charge is 2.15. The van der Waals surface area contributed by atoms with Gasteiger partial charge in [0.25, 0.3) is 0 Å². The molecule has 0 aliphatic heterocycles. The van der Waals surface area contributed by atoms with Gasteiger partial charge in [-0.15, -0.1) is 11.3 Å². The van der Waals surface area contributed by atoms with E-state index in [2.05, 4.69) is 19.2 Å². The predicted molar refractivity (Wildman–Crippen MR) is 76.1 cm³/mol. The first-order chi connectivity index (χ1) is 8.29. The van der Waals surface area contributed by atoms with Gasteiger partial charge in [0, 0.05) is 24.1 Å². The van der Waals surface area contributed by atoms with Crippen LogP contribution in [0, 0.1) is 0 Å². The third-order valence-electron chi connectivity index (χ3n) is 2.50. The molecule has 0 fully saturated rings. The number of hydrogen-bond donors (Lipinski definition) is 1. The summed E-state index contributed by atoms with van der Waals surface area (Å²) >= 11 is 7.91. The summed E-state index contributed by atoms with van der Waals surface area (Å²) in [5.41, 5.74) is 0. The maximum atomic E-state index is 6.18. The average molecular weight is 276 g/mol. The lowest BCUT2D eigenvalue weighted by molar-refractivity contribution is 0.125. The normalized spacial score (nSPS) is 12.9. The van der Waals surface area contributed by atoms with Gasteiger partial charge in [0.05, 0.1) is 5.02 Å². The standard InChI is InChI=1S/C13H22ClNOS/c1-3-7-15-12(5-9-16-8-4-2)13-11(14)6-10-17-13/h6,10,12,15H,3-5,7-9H2,1-2H3. The molecule has 0 radical (unpaired) electrons. The molecule has 0 amide bonds. The predicted octanol–water partition coefficient (Wildman–Crippen LogP) is 4.26. The van der Waals surface area contributed by atoms with Crippen LogP contribution in [0.25, 0.3) is 0 Å². The van der Waals surface area contributed by atoms with Crippen molar-refractivity contribution in [2.24, 2.45) is 0 Å². The zero-order valence-corrected chi connectivity index (χ0v) is 12.2. The number of rotatable bonds is 9. The zero-order valence-electron chi connectivity index (χ0n) is 10.7. The van der Waals surface area contributed by atoms with Crippen molar-refractivity contribution in [2.75, 3.05) is 19.8 Å². The molecule has 0 aliphatic carbocycles. The quantitative estimate of drug-likeness (QED) is 0.680. The molecular formula is C13H22ClNOS. The Hall–Kier alpha value is -0.0900. The molecule has 4 heteroatoms. The molecule has 0 saturated heterocycles. The topological polar surface area (TPSA) is 21.3 Å². The smallest absolute Gasteiger partial charge is 0.0561 e. The molecule has 17 heavy (non-hydrogen) atoms. The lowest BCUT2D eigenvalue weighted by atomic mass is 10.1. The van der Waals surface area contributed by atoms with Gasteiger partial charge in [0.1, 0.15) is 0 Å². The van der Waals surface area contributed by atoms with Gasteiger partial charge >= 0.3 is 0 Å². The Morgan fingerprint density at radius 1 is 1.35 bits per heavy atom. The summed E-state index contributed by atoms with van der Waals surface area (Å²) in [6, 6.07) is 2.30. The van der Waals surface area contributed by atoms with Gasteiger partial charge in [-0.1, -0.05) is 25.4 Å². The zero-order chi connectivity index (χ0) is 12.5. The summed E-state index contributed by atoms with van der Waals surface area (Å²) in [7, 11) is 0. The Balaban J connectivity index is 2.46. The van der Waals surface area contributed by atoms with Gasteiger partial charge in [-0.05, 0) is 37.3 Å². The van der Waals surface area contributed by atoms with Crippen molar-refractivity contribution in [3.8, 4) is 0 Å². The van der Waals surface area contributed by atoms with Gasteiger partial charge in [0.2, 0.25) is 0 Å². The van der Waals surface area contributed by atoms with Crippen LogP contribution in [0.5, 0.6) is 0 Å². The molecule has 0 aliphatic rings. The van der Waals surface area contributed by atoms with E-state index in [0.29, 0.717) is 6.04 Å². The molecule has 2 nitrogen and oxygen atoms in total. The molecule has 0 aromatic carbocycles. The molecule has 1 N–H and O–H groups in total. The van der Waals surface area contributed by atoms with Crippen LogP contribution in [0.2, 0.25) is 5.02 Å². The highest BCUT2D eigenvalue weighted by molar-refractivity contribution is 7.10. The van der Waals surface area contributed by atoms with E-state index in [1.54, 1.807) is 11.3 Å². The number of ether oxygens (including phenoxy) is 1. The van der Waals surface area contributed by atoms with E-state index in [-0.39, 0.29) is 0 Å². The van der Waals surface area contributed by atoms with Crippen molar-refractivity contribution in [1.82, 2.24) is 5.32 Å². The SMILES string of the molecule is CCCNC(CCOCCC)c1sccc1Cl. The second-order valence-corrected chi connectivity index (χ2v) is 5.40. The first-order valence-corrected chi connectivity index (χ1v) is 7.59. The molecule has 0 spiro atoms. The van der Waals surface area contributed by atoms with E-state index >= 15 is 0 Å². The van der Waals surface area contributed by atoms with Gasteiger partial charge in [-0.2, -0.15) is 0 Å². The maximum Gasteiger partial charge on any atom is 0.0561 e. The molecule has 1 rings (SSSR count). The fourth-order valence-electron chi connectivity index (χ4n) is 1.65. The minimum Gasteiger partial charge on any atom is -0.381 e. The summed E-state index contributed by atoms with van der Waals surface area (Å²) in [5.74, 6) is 0. The molecule has 1 aromatic rings. The molecule has 1 unspecified atom stereocenters. The van der Waals surface area contributed by atoms with Crippen LogP contribution in [0.15, 0.2) is 11.4 Å². The van der Waals surface area contributed by atoms with E-state index < -0.39 is 0 Å². The second-order valence-electron chi connectivity index (χ2n) is 4.04. The second kappa shape index (κ2) is 8.92. The maximum absolute atomic E-state index is 6.18. The Morgan fingerprint density at radius 2 is 2.18 bits per heavy atom. The molecule has 0 bridgehead atoms. The first kappa shape index (κ1) is 15.0. The van der Waals surface area contributed by atoms with E-state index in [1.807, 2.05) is 11.4 Å². The van der Waals surface area contributed by atoms with Crippen LogP contribution in [-0.2, 0) is 4.74 Å². The summed E-state index contributed by atoms with van der Waals surface area (Å²) in [4.78, 5) is 1.24. The Kier molecular flexibility index (Phi) is 7.86. The Labute approximate surface area is 113 Å². The Morgan fingerprint density at radius 3 is 2.76 bits per heavy atom. The summed E-state index contributed by atoms with van der Waals surface area (Å²) in [5, 5.41) is 6.46. The summed E-state index contributed by atoms with van der Waals surface area (Å²) in [6.07, 6.45) is 3.20. The van der Waals surface area contributed by atoms with E-state index in [0.717, 1.165) is 44.0 Å². The van der Waals surface area contributed by atoms with Crippen molar-refractivity contribution in [2.45, 2.75) is 39.2 Å². The lowest BCUT2D eigenvalue weighted by Crippen LogP contribution is -2.23. The van der Waals surface area contributed by atoms with Crippen LogP contribution >= 0.6 is 22.9 Å². The van der Waals surface area contributed by atoms with E-state index in [9.17, 15) is 0 Å². The third kappa shape index (κ3) is 5.38. The van der Waals surface area contributed by atoms with Crippen molar-refractivity contribution >= 4 is 22.9 Å². The first-order valence-electron chi connectivity index (χ1n) is 6.33. The monoisotopic (exact) mass is 275 g/mol. The molecule has 1 aromatic heterocycles. The van der Waals surface area contributed by atoms with Crippen molar-refractivity contribution in [3.05, 3.63) is 21.3 Å². The largest absolute Gasteiger partial charge is 0.381 e. The molecule has 1 heterocycles. The van der Waals surface area contributed by atoms with Gasteiger partial charge in [-0.3, -0.25) is 0 Å². The van der Waals surface area contributed by atoms with Crippen LogP contribution in [0.1, 0.15) is 44.0 Å². The third-order valence-corrected chi connectivity index (χ3v) is 3.97. The summed E-state index contributed by atoms with van der Waals surface area (Å²) < 4.78 is 5.55. The molecular weight excluding hydrogens is 254 g/mol. The lowest BCUT2D eigenvalue weighted by Gasteiger charge is -2.17. The minimum atomic E-state index is 0.333. The van der Waals surface area contributed by atoms with Crippen molar-refractivity contribution < 1.29 is 4.74 Å². The van der Waals surface area contributed by atoms with Crippen molar-refractivity contribution in [1.29, 1.82) is 0 Å². The van der Waals surface area contributed by atoms with E-state index in [4.69, 9.17) is 16.3 Å². The molecule has 98 valence electrons. The van der Waals surface area contributed by atoms with Gasteiger partial charge in [-0.25, -0.2) is 0 Å². The van der Waals surface area contributed by atoms with E-state index in [1.165, 1.54) is 4.88 Å². The van der Waals surface area contributed by atoms with Crippen LogP contribution in [0.3, 0.4) is 0 Å². The fraction of sp³-hybridized carbons (Fsp3) is 0.692. The number of hydrogen-bond acceptors (Lipinski definition) is 3. The van der Waals surface area contributed by atoms with Crippen molar-refractivity contribution in [3.63, 3.8) is 0 Å². The van der Waals surface area contributed by atoms with Gasteiger partial charge in [0.15, 0.2) is 0 Å². The highest BCUT2D eigenvalue weighted by atomic mass is 35.5. The summed E-state index contributed by atoms with van der Waals surface area (Å²) in [6.45, 7) is 6.96.